The van der Waals surface area contributed by atoms with E-state index >= 15 is 0 Å². The second-order valence-corrected chi connectivity index (χ2v) is 6.15. The third-order valence-corrected chi connectivity index (χ3v) is 5.08. The first-order valence-electron chi connectivity index (χ1n) is 7.68. The summed E-state index contributed by atoms with van der Waals surface area (Å²) in [6.07, 6.45) is 6.45. The van der Waals surface area contributed by atoms with Gasteiger partial charge in [0.15, 0.2) is 11.5 Å². The normalized spacial score (nSPS) is 25.8. The number of rotatable bonds is 4. The van der Waals surface area contributed by atoms with Crippen LogP contribution in [0.25, 0.3) is 0 Å². The second-order valence-electron chi connectivity index (χ2n) is 6.15. The van der Waals surface area contributed by atoms with Gasteiger partial charge in [-0.2, -0.15) is 0 Å². The van der Waals surface area contributed by atoms with Crippen molar-refractivity contribution in [2.75, 3.05) is 27.8 Å². The SMILES string of the molecule is COc1cc2c(cc1OC)C(C[C@H]1CCCN1C)CC2. The lowest BCUT2D eigenvalue weighted by Gasteiger charge is -2.23. The fraction of sp³-hybridized carbons (Fsp3) is 0.647. The van der Waals surface area contributed by atoms with E-state index in [1.54, 1.807) is 14.2 Å². The summed E-state index contributed by atoms with van der Waals surface area (Å²) >= 11 is 0. The van der Waals surface area contributed by atoms with Gasteiger partial charge in [0.1, 0.15) is 0 Å². The topological polar surface area (TPSA) is 21.7 Å². The van der Waals surface area contributed by atoms with Crippen molar-refractivity contribution in [1.29, 1.82) is 0 Å². The number of likely N-dealkylation sites (tertiary alicyclic amines) is 1. The van der Waals surface area contributed by atoms with E-state index in [4.69, 9.17) is 9.47 Å². The molecule has 1 aliphatic carbocycles. The molecule has 0 aromatic heterocycles. The third kappa shape index (κ3) is 2.39. The van der Waals surface area contributed by atoms with Crippen LogP contribution < -0.4 is 9.47 Å². The molecule has 3 rings (SSSR count). The van der Waals surface area contributed by atoms with E-state index in [1.165, 1.54) is 49.8 Å². The lowest BCUT2D eigenvalue weighted by Crippen LogP contribution is -2.26. The average molecular weight is 275 g/mol. The Morgan fingerprint density at radius 1 is 1.15 bits per heavy atom. The van der Waals surface area contributed by atoms with Crippen molar-refractivity contribution in [2.24, 2.45) is 0 Å². The summed E-state index contributed by atoms with van der Waals surface area (Å²) in [5.41, 5.74) is 2.94. The maximum absolute atomic E-state index is 5.47. The number of benzene rings is 1. The summed E-state index contributed by atoms with van der Waals surface area (Å²) in [7, 11) is 5.70. The van der Waals surface area contributed by atoms with Crippen molar-refractivity contribution in [3.63, 3.8) is 0 Å². The van der Waals surface area contributed by atoms with Crippen LogP contribution in [-0.2, 0) is 6.42 Å². The van der Waals surface area contributed by atoms with Gasteiger partial charge in [0.05, 0.1) is 14.2 Å². The molecule has 0 amide bonds. The quantitative estimate of drug-likeness (QED) is 0.842. The summed E-state index contributed by atoms with van der Waals surface area (Å²) in [5.74, 6) is 2.43. The van der Waals surface area contributed by atoms with E-state index in [0.717, 1.165) is 17.5 Å². The minimum atomic E-state index is 0.690. The van der Waals surface area contributed by atoms with Crippen LogP contribution in [0, 0.1) is 0 Å². The van der Waals surface area contributed by atoms with Crippen molar-refractivity contribution in [3.05, 3.63) is 23.3 Å². The van der Waals surface area contributed by atoms with Gasteiger partial charge < -0.3 is 14.4 Å². The Bertz CT molecular complexity index is 486. The van der Waals surface area contributed by atoms with Crippen LogP contribution in [0.15, 0.2) is 12.1 Å². The Balaban J connectivity index is 1.82. The van der Waals surface area contributed by atoms with E-state index in [2.05, 4.69) is 24.1 Å². The minimum Gasteiger partial charge on any atom is -0.493 e. The summed E-state index contributed by atoms with van der Waals surface area (Å²) in [4.78, 5) is 2.53. The largest absolute Gasteiger partial charge is 0.493 e. The molecule has 3 heteroatoms. The molecule has 1 saturated heterocycles. The molecule has 1 aliphatic heterocycles. The van der Waals surface area contributed by atoms with Crippen molar-refractivity contribution < 1.29 is 9.47 Å². The fourth-order valence-electron chi connectivity index (χ4n) is 3.87. The summed E-state index contributed by atoms with van der Waals surface area (Å²) in [5, 5.41) is 0. The van der Waals surface area contributed by atoms with Gasteiger partial charge >= 0.3 is 0 Å². The standard InChI is InChI=1S/C17H25NO2/c1-18-8-4-5-14(18)9-12-6-7-13-10-16(19-2)17(20-3)11-15(12)13/h10-12,14H,4-9H2,1-3H3/t12?,14-/m1/s1. The predicted octanol–water partition coefficient (Wildman–Crippen LogP) is 3.22. The summed E-state index contributed by atoms with van der Waals surface area (Å²) in [6, 6.07) is 5.15. The molecule has 1 heterocycles. The molecule has 0 bridgehead atoms. The van der Waals surface area contributed by atoms with Gasteiger partial charge in [-0.3, -0.25) is 0 Å². The van der Waals surface area contributed by atoms with Crippen molar-refractivity contribution in [1.82, 2.24) is 4.90 Å². The molecule has 3 nitrogen and oxygen atoms in total. The second kappa shape index (κ2) is 5.65. The highest BCUT2D eigenvalue weighted by atomic mass is 16.5. The number of fused-ring (bicyclic) bond motifs is 1. The average Bonchev–Trinajstić information content (AvgIpc) is 3.05. The van der Waals surface area contributed by atoms with Crippen molar-refractivity contribution >= 4 is 0 Å². The van der Waals surface area contributed by atoms with Crippen LogP contribution in [0.3, 0.4) is 0 Å². The van der Waals surface area contributed by atoms with Crippen LogP contribution in [-0.4, -0.2) is 38.8 Å². The van der Waals surface area contributed by atoms with Crippen molar-refractivity contribution in [2.45, 2.75) is 44.1 Å². The van der Waals surface area contributed by atoms with Crippen LogP contribution in [0.5, 0.6) is 11.5 Å². The Morgan fingerprint density at radius 2 is 1.90 bits per heavy atom. The molecule has 1 unspecified atom stereocenters. The van der Waals surface area contributed by atoms with E-state index in [9.17, 15) is 0 Å². The first-order valence-corrected chi connectivity index (χ1v) is 7.68. The zero-order chi connectivity index (χ0) is 14.1. The first-order chi connectivity index (χ1) is 9.72. The van der Waals surface area contributed by atoms with E-state index in [0.29, 0.717) is 5.92 Å². The Labute approximate surface area is 121 Å². The molecule has 1 aromatic rings. The maximum Gasteiger partial charge on any atom is 0.161 e. The van der Waals surface area contributed by atoms with Gasteiger partial charge in [-0.1, -0.05) is 0 Å². The third-order valence-electron chi connectivity index (χ3n) is 5.08. The molecule has 0 spiro atoms. The highest BCUT2D eigenvalue weighted by molar-refractivity contribution is 5.50. The monoisotopic (exact) mass is 275 g/mol. The van der Waals surface area contributed by atoms with Crippen LogP contribution in [0.1, 0.15) is 42.7 Å². The number of aryl methyl sites for hydroxylation is 1. The molecule has 2 aliphatic rings. The number of nitrogens with zero attached hydrogens (tertiary/aromatic N) is 1. The number of ether oxygens (including phenoxy) is 2. The van der Waals surface area contributed by atoms with Crippen LogP contribution in [0.4, 0.5) is 0 Å². The molecule has 0 saturated carbocycles. The van der Waals surface area contributed by atoms with Crippen LogP contribution >= 0.6 is 0 Å². The highest BCUT2D eigenvalue weighted by Crippen LogP contribution is 2.43. The van der Waals surface area contributed by atoms with E-state index in [1.807, 2.05) is 0 Å². The molecular formula is C17H25NO2. The van der Waals surface area contributed by atoms with Gasteiger partial charge in [0, 0.05) is 6.04 Å². The molecule has 110 valence electrons. The molecule has 1 aromatic carbocycles. The van der Waals surface area contributed by atoms with E-state index in [-0.39, 0.29) is 0 Å². The molecule has 2 atom stereocenters. The maximum atomic E-state index is 5.47. The lowest BCUT2D eigenvalue weighted by molar-refractivity contribution is 0.281. The summed E-state index contributed by atoms with van der Waals surface area (Å²) < 4.78 is 10.9. The predicted molar refractivity (Wildman–Crippen MR) is 80.9 cm³/mol. The molecule has 0 N–H and O–H groups in total. The summed E-state index contributed by atoms with van der Waals surface area (Å²) in [6.45, 7) is 1.26. The molecule has 20 heavy (non-hydrogen) atoms. The fourth-order valence-corrected chi connectivity index (χ4v) is 3.87. The number of hydrogen-bond acceptors (Lipinski definition) is 3. The highest BCUT2D eigenvalue weighted by Gasteiger charge is 2.30. The number of methoxy groups -OCH3 is 2. The molecular weight excluding hydrogens is 250 g/mol. The lowest BCUT2D eigenvalue weighted by atomic mass is 9.92. The zero-order valence-electron chi connectivity index (χ0n) is 12.8. The van der Waals surface area contributed by atoms with Crippen molar-refractivity contribution in [3.8, 4) is 11.5 Å². The Morgan fingerprint density at radius 3 is 2.55 bits per heavy atom. The van der Waals surface area contributed by atoms with Gasteiger partial charge in [-0.05, 0) is 74.9 Å². The van der Waals surface area contributed by atoms with Gasteiger partial charge in [0.25, 0.3) is 0 Å². The minimum absolute atomic E-state index is 0.690. The van der Waals surface area contributed by atoms with E-state index < -0.39 is 0 Å². The van der Waals surface area contributed by atoms with Crippen LogP contribution in [0.2, 0.25) is 0 Å². The molecule has 1 fully saturated rings. The van der Waals surface area contributed by atoms with Gasteiger partial charge in [-0.15, -0.1) is 0 Å². The Hall–Kier alpha value is -1.22. The zero-order valence-corrected chi connectivity index (χ0v) is 12.8. The first kappa shape index (κ1) is 13.7. The number of hydrogen-bond donors (Lipinski definition) is 0. The van der Waals surface area contributed by atoms with Gasteiger partial charge in [-0.25, -0.2) is 0 Å². The smallest absolute Gasteiger partial charge is 0.161 e. The Kier molecular flexibility index (Phi) is 3.88. The molecule has 0 radical (unpaired) electrons. The van der Waals surface area contributed by atoms with Gasteiger partial charge in [0.2, 0.25) is 0 Å².